The third kappa shape index (κ3) is 7.69. The fourth-order valence-corrected chi connectivity index (χ4v) is 3.87. The molecule has 206 valence electrons. The van der Waals surface area contributed by atoms with Crippen molar-refractivity contribution in [1.82, 2.24) is 4.98 Å². The minimum absolute atomic E-state index is 0.128. The summed E-state index contributed by atoms with van der Waals surface area (Å²) in [6, 6.07) is 26.3. The van der Waals surface area contributed by atoms with E-state index in [1.807, 2.05) is 66.7 Å². The molecule has 1 aromatic heterocycles. The molecule has 3 aromatic carbocycles. The molecule has 4 rings (SSSR count). The Hall–Kier alpha value is -4.65. The second-order valence-electron chi connectivity index (χ2n) is 10.4. The van der Waals surface area contributed by atoms with Crippen LogP contribution in [0.1, 0.15) is 46.1 Å². The molecule has 4 aromatic rings. The molecule has 0 atom stereocenters. The maximum Gasteiger partial charge on any atom is 0.344 e. The molecular weight excluding hydrogens is 506 g/mol. The molecule has 0 bridgehead atoms. The van der Waals surface area contributed by atoms with Crippen LogP contribution in [-0.2, 0) is 19.1 Å². The topological polar surface area (TPSA) is 87.9 Å². The van der Waals surface area contributed by atoms with Crippen molar-refractivity contribution >= 4 is 23.6 Å². The zero-order valence-corrected chi connectivity index (χ0v) is 23.3. The number of ether oxygens (including phenoxy) is 3. The molecule has 0 saturated carbocycles. The molecular formula is C33H33NO6. The zero-order chi connectivity index (χ0) is 28.7. The highest BCUT2D eigenvalue weighted by Crippen LogP contribution is 2.35. The predicted octanol–water partition coefficient (Wildman–Crippen LogP) is 7.22. The third-order valence-electron chi connectivity index (χ3n) is 5.45. The Morgan fingerprint density at radius 3 is 2.17 bits per heavy atom. The number of aromatic nitrogens is 1. The first-order chi connectivity index (χ1) is 19.1. The molecule has 7 heteroatoms. The number of hydrogen-bond acceptors (Lipinski definition) is 7. The van der Waals surface area contributed by atoms with Crippen molar-refractivity contribution < 1.29 is 28.2 Å². The summed E-state index contributed by atoms with van der Waals surface area (Å²) >= 11 is 0. The maximum atomic E-state index is 13.3. The van der Waals surface area contributed by atoms with Crippen LogP contribution in [0.4, 0.5) is 0 Å². The molecule has 0 N–H and O–H groups in total. The number of oxazole rings is 1. The Bertz CT molecular complexity index is 1420. The van der Waals surface area contributed by atoms with Crippen LogP contribution < -0.4 is 4.74 Å². The highest BCUT2D eigenvalue weighted by Gasteiger charge is 2.25. The summed E-state index contributed by atoms with van der Waals surface area (Å²) in [5.74, 6) is 0.0633. The van der Waals surface area contributed by atoms with E-state index in [0.29, 0.717) is 22.8 Å². The number of benzene rings is 3. The number of carbonyl (C=O) groups is 2. The van der Waals surface area contributed by atoms with E-state index in [1.165, 1.54) is 0 Å². The van der Waals surface area contributed by atoms with Crippen molar-refractivity contribution in [1.29, 1.82) is 0 Å². The van der Waals surface area contributed by atoms with Crippen molar-refractivity contribution in [2.75, 3.05) is 6.61 Å². The first-order valence-corrected chi connectivity index (χ1v) is 13.1. The van der Waals surface area contributed by atoms with Crippen molar-refractivity contribution in [3.05, 3.63) is 96.4 Å². The largest absolute Gasteiger partial charge is 0.482 e. The molecule has 0 spiro atoms. The lowest BCUT2D eigenvalue weighted by Gasteiger charge is -2.19. The van der Waals surface area contributed by atoms with Gasteiger partial charge in [0.25, 0.3) is 0 Å². The average Bonchev–Trinajstić information content (AvgIpc) is 3.36. The number of rotatable bonds is 9. The van der Waals surface area contributed by atoms with Crippen LogP contribution in [0.15, 0.2) is 89.3 Å². The Morgan fingerprint density at radius 2 is 1.55 bits per heavy atom. The van der Waals surface area contributed by atoms with Crippen molar-refractivity contribution in [3.8, 4) is 28.3 Å². The van der Waals surface area contributed by atoms with Crippen LogP contribution in [0, 0.1) is 0 Å². The smallest absolute Gasteiger partial charge is 0.344 e. The molecule has 0 amide bonds. The van der Waals surface area contributed by atoms with Crippen LogP contribution in [-0.4, -0.2) is 35.2 Å². The van der Waals surface area contributed by atoms with E-state index in [1.54, 1.807) is 58.9 Å². The second kappa shape index (κ2) is 12.5. The summed E-state index contributed by atoms with van der Waals surface area (Å²) in [4.78, 5) is 30.2. The summed E-state index contributed by atoms with van der Waals surface area (Å²) in [5.41, 5.74) is 2.47. The van der Waals surface area contributed by atoms with Crippen LogP contribution in [0.5, 0.6) is 5.75 Å². The number of nitrogens with zero attached hydrogens (tertiary/aromatic N) is 1. The summed E-state index contributed by atoms with van der Waals surface area (Å²) in [6.45, 7) is 8.70. The Labute approximate surface area is 234 Å². The van der Waals surface area contributed by atoms with Crippen LogP contribution in [0.2, 0.25) is 0 Å². The van der Waals surface area contributed by atoms with Crippen LogP contribution in [0.3, 0.4) is 0 Å². The van der Waals surface area contributed by atoms with E-state index >= 15 is 0 Å². The molecule has 40 heavy (non-hydrogen) atoms. The quantitative estimate of drug-likeness (QED) is 0.164. The van der Waals surface area contributed by atoms with Crippen molar-refractivity contribution in [2.45, 2.75) is 46.3 Å². The fraction of sp³-hybridized carbons (Fsp3) is 0.242. The van der Waals surface area contributed by atoms with E-state index in [9.17, 15) is 9.59 Å². The zero-order valence-electron chi connectivity index (χ0n) is 23.3. The standard InChI is InChI=1S/C33H33NO6/c1-22(2)38-32(36)27(20-23-13-12-18-26(19-23)37-21-28(35)40-33(3,4)5)31-34-29(24-14-8-6-9-15-24)30(39-31)25-16-10-7-11-17-25/h6-20,22H,21H2,1-5H3. The highest BCUT2D eigenvalue weighted by atomic mass is 16.6. The Balaban J connectivity index is 1.73. The summed E-state index contributed by atoms with van der Waals surface area (Å²) in [5, 5.41) is 0. The van der Waals surface area contributed by atoms with Crippen molar-refractivity contribution in [2.24, 2.45) is 0 Å². The van der Waals surface area contributed by atoms with E-state index in [0.717, 1.165) is 11.1 Å². The van der Waals surface area contributed by atoms with Gasteiger partial charge < -0.3 is 18.6 Å². The first kappa shape index (κ1) is 28.4. The number of carbonyl (C=O) groups excluding carboxylic acids is 2. The number of esters is 2. The summed E-state index contributed by atoms with van der Waals surface area (Å²) in [7, 11) is 0. The van der Waals surface area contributed by atoms with Gasteiger partial charge in [-0.25, -0.2) is 14.6 Å². The monoisotopic (exact) mass is 539 g/mol. The molecule has 0 aliphatic rings. The minimum Gasteiger partial charge on any atom is -0.482 e. The molecule has 1 heterocycles. The van der Waals surface area contributed by atoms with E-state index in [-0.39, 0.29) is 24.2 Å². The SMILES string of the molecule is CC(C)OC(=O)C(=Cc1cccc(OCC(=O)OC(C)(C)C)c1)c1nc(-c2ccccc2)c(-c2ccccc2)o1. The van der Waals surface area contributed by atoms with E-state index in [4.69, 9.17) is 23.6 Å². The van der Waals surface area contributed by atoms with Gasteiger partial charge in [0.1, 0.15) is 22.6 Å². The van der Waals surface area contributed by atoms with Gasteiger partial charge in [-0.3, -0.25) is 0 Å². The van der Waals surface area contributed by atoms with Gasteiger partial charge in [-0.15, -0.1) is 0 Å². The van der Waals surface area contributed by atoms with Gasteiger partial charge in [-0.2, -0.15) is 0 Å². The molecule has 0 unspecified atom stereocenters. The number of hydrogen-bond donors (Lipinski definition) is 0. The average molecular weight is 540 g/mol. The normalized spacial score (nSPS) is 11.8. The van der Waals surface area contributed by atoms with Crippen LogP contribution in [0.25, 0.3) is 34.2 Å². The maximum absolute atomic E-state index is 13.3. The lowest BCUT2D eigenvalue weighted by Crippen LogP contribution is -2.27. The van der Waals surface area contributed by atoms with Crippen molar-refractivity contribution in [3.63, 3.8) is 0 Å². The van der Waals surface area contributed by atoms with Gasteiger partial charge in [0.05, 0.1) is 6.10 Å². The molecule has 0 aliphatic carbocycles. The molecule has 0 saturated heterocycles. The summed E-state index contributed by atoms with van der Waals surface area (Å²) in [6.07, 6.45) is 1.29. The third-order valence-corrected chi connectivity index (χ3v) is 5.45. The predicted molar refractivity (Wildman–Crippen MR) is 154 cm³/mol. The minimum atomic E-state index is -0.607. The highest BCUT2D eigenvalue weighted by molar-refractivity contribution is 6.20. The lowest BCUT2D eigenvalue weighted by molar-refractivity contribution is -0.157. The van der Waals surface area contributed by atoms with Gasteiger partial charge in [0.2, 0.25) is 5.89 Å². The molecule has 0 aliphatic heterocycles. The van der Waals surface area contributed by atoms with Gasteiger partial charge >= 0.3 is 11.9 Å². The van der Waals surface area contributed by atoms with Gasteiger partial charge in [-0.05, 0) is 58.4 Å². The molecule has 0 radical (unpaired) electrons. The van der Waals surface area contributed by atoms with Gasteiger partial charge in [0.15, 0.2) is 12.4 Å². The van der Waals surface area contributed by atoms with Gasteiger partial charge in [0, 0.05) is 11.1 Å². The fourth-order valence-electron chi connectivity index (χ4n) is 3.87. The first-order valence-electron chi connectivity index (χ1n) is 13.1. The Kier molecular flexibility index (Phi) is 8.84. The molecule has 0 fully saturated rings. The summed E-state index contributed by atoms with van der Waals surface area (Å²) < 4.78 is 22.8. The Morgan fingerprint density at radius 1 is 0.900 bits per heavy atom. The molecule has 7 nitrogen and oxygen atoms in total. The van der Waals surface area contributed by atoms with Gasteiger partial charge in [-0.1, -0.05) is 72.8 Å². The second-order valence-corrected chi connectivity index (χ2v) is 10.4. The van der Waals surface area contributed by atoms with Crippen LogP contribution >= 0.6 is 0 Å². The van der Waals surface area contributed by atoms with E-state index in [2.05, 4.69) is 0 Å². The lowest BCUT2D eigenvalue weighted by atomic mass is 10.1. The van der Waals surface area contributed by atoms with E-state index < -0.39 is 17.5 Å².